The molecule has 2 aromatic rings. The lowest BCUT2D eigenvalue weighted by Crippen LogP contribution is -2.47. The van der Waals surface area contributed by atoms with E-state index in [0.717, 1.165) is 0 Å². The molecular formula is C19H24FN3O3. The highest BCUT2D eigenvalue weighted by Crippen LogP contribution is 2.34. The number of imidazole rings is 1. The van der Waals surface area contributed by atoms with Crippen LogP contribution in [-0.4, -0.2) is 44.3 Å². The van der Waals surface area contributed by atoms with Gasteiger partial charge in [-0.25, -0.2) is 14.2 Å². The standard InChI is InChI=1S/C19H24FN3O3/c1-18(2,3)26-17(24)22-11-8-19(25,9-12-22)16-21-10-13-23(16)15-7-5-4-6-14(15)20/h4-7,10,13,25H,8-9,11-12H2,1-3H3. The molecule has 3 rings (SSSR count). The summed E-state index contributed by atoms with van der Waals surface area (Å²) in [5.74, 6) is -0.00650. The first kappa shape index (κ1) is 18.4. The summed E-state index contributed by atoms with van der Waals surface area (Å²) in [5.41, 5.74) is -1.46. The van der Waals surface area contributed by atoms with Crippen LogP contribution in [-0.2, 0) is 10.3 Å². The van der Waals surface area contributed by atoms with Gasteiger partial charge in [-0.3, -0.25) is 4.57 Å². The Morgan fingerprint density at radius 1 is 1.27 bits per heavy atom. The number of likely N-dealkylation sites (tertiary alicyclic amines) is 1. The molecular weight excluding hydrogens is 337 g/mol. The summed E-state index contributed by atoms with van der Waals surface area (Å²) >= 11 is 0. The highest BCUT2D eigenvalue weighted by molar-refractivity contribution is 5.68. The molecule has 0 spiro atoms. The third kappa shape index (κ3) is 3.72. The van der Waals surface area contributed by atoms with Gasteiger partial charge in [-0.1, -0.05) is 12.1 Å². The van der Waals surface area contributed by atoms with Crippen molar-refractivity contribution in [3.63, 3.8) is 0 Å². The Morgan fingerprint density at radius 3 is 2.54 bits per heavy atom. The molecule has 6 nitrogen and oxygen atoms in total. The number of benzene rings is 1. The lowest BCUT2D eigenvalue weighted by Gasteiger charge is -2.38. The normalized spacial score (nSPS) is 17.2. The SMILES string of the molecule is CC(C)(C)OC(=O)N1CCC(O)(c2nccn2-c2ccccc2F)CC1. The molecule has 140 valence electrons. The smallest absolute Gasteiger partial charge is 0.410 e. The molecule has 26 heavy (non-hydrogen) atoms. The van der Waals surface area contributed by atoms with Crippen molar-refractivity contribution in [2.75, 3.05) is 13.1 Å². The minimum Gasteiger partial charge on any atom is -0.444 e. The molecule has 2 heterocycles. The van der Waals surface area contributed by atoms with Crippen LogP contribution in [0.2, 0.25) is 0 Å². The first-order valence-corrected chi connectivity index (χ1v) is 8.69. The van der Waals surface area contributed by atoms with Crippen molar-refractivity contribution in [1.29, 1.82) is 0 Å². The minimum absolute atomic E-state index is 0.303. The Labute approximate surface area is 152 Å². The van der Waals surface area contributed by atoms with Gasteiger partial charge in [0.25, 0.3) is 0 Å². The first-order valence-electron chi connectivity index (χ1n) is 8.69. The van der Waals surface area contributed by atoms with Crippen LogP contribution in [0.5, 0.6) is 0 Å². The van der Waals surface area contributed by atoms with Crippen molar-refractivity contribution in [2.24, 2.45) is 0 Å². The van der Waals surface area contributed by atoms with Gasteiger partial charge in [-0.15, -0.1) is 0 Å². The molecule has 0 radical (unpaired) electrons. The molecule has 0 bridgehead atoms. The fraction of sp³-hybridized carbons (Fsp3) is 0.474. The fourth-order valence-electron chi connectivity index (χ4n) is 3.10. The number of aliphatic hydroxyl groups is 1. The van der Waals surface area contributed by atoms with Crippen molar-refractivity contribution in [3.05, 3.63) is 48.3 Å². The van der Waals surface area contributed by atoms with Gasteiger partial charge in [0.05, 0.1) is 5.69 Å². The molecule has 0 unspecified atom stereocenters. The van der Waals surface area contributed by atoms with Gasteiger partial charge in [0, 0.05) is 38.3 Å². The van der Waals surface area contributed by atoms with Gasteiger partial charge in [0.2, 0.25) is 0 Å². The highest BCUT2D eigenvalue weighted by atomic mass is 19.1. The number of rotatable bonds is 2. The van der Waals surface area contributed by atoms with E-state index in [9.17, 15) is 14.3 Å². The highest BCUT2D eigenvalue weighted by Gasteiger charge is 2.40. The Morgan fingerprint density at radius 2 is 1.92 bits per heavy atom. The Kier molecular flexibility index (Phi) is 4.75. The van der Waals surface area contributed by atoms with Crippen LogP contribution in [0.25, 0.3) is 5.69 Å². The predicted molar refractivity (Wildman–Crippen MR) is 94.5 cm³/mol. The lowest BCUT2D eigenvalue weighted by atomic mass is 9.90. The number of carbonyl (C=O) groups excluding carboxylic acids is 1. The van der Waals surface area contributed by atoms with Crippen LogP contribution in [0, 0.1) is 5.82 Å². The molecule has 0 aliphatic carbocycles. The van der Waals surface area contributed by atoms with E-state index in [-0.39, 0.29) is 5.82 Å². The molecule has 0 saturated carbocycles. The second-order valence-electron chi connectivity index (χ2n) is 7.57. The van der Waals surface area contributed by atoms with E-state index < -0.39 is 17.3 Å². The van der Waals surface area contributed by atoms with E-state index in [1.807, 2.05) is 20.8 Å². The molecule has 1 saturated heterocycles. The molecule has 1 aliphatic heterocycles. The zero-order valence-electron chi connectivity index (χ0n) is 15.3. The number of hydrogen-bond acceptors (Lipinski definition) is 4. The zero-order valence-corrected chi connectivity index (χ0v) is 15.3. The van der Waals surface area contributed by atoms with Crippen molar-refractivity contribution in [2.45, 2.75) is 44.8 Å². The summed E-state index contributed by atoms with van der Waals surface area (Å²) in [4.78, 5) is 18.0. The second kappa shape index (κ2) is 6.72. The second-order valence-corrected chi connectivity index (χ2v) is 7.57. The molecule has 1 aromatic heterocycles. The third-order valence-electron chi connectivity index (χ3n) is 4.41. The quantitative estimate of drug-likeness (QED) is 0.892. The number of hydrogen-bond donors (Lipinski definition) is 1. The van der Waals surface area contributed by atoms with E-state index >= 15 is 0 Å². The van der Waals surface area contributed by atoms with Crippen LogP contribution in [0.15, 0.2) is 36.7 Å². The van der Waals surface area contributed by atoms with E-state index in [0.29, 0.717) is 37.4 Å². The lowest BCUT2D eigenvalue weighted by molar-refractivity contribution is -0.0416. The number of piperidine rings is 1. The van der Waals surface area contributed by atoms with E-state index in [4.69, 9.17) is 4.74 Å². The monoisotopic (exact) mass is 361 g/mol. The van der Waals surface area contributed by atoms with Gasteiger partial charge >= 0.3 is 6.09 Å². The van der Waals surface area contributed by atoms with Crippen LogP contribution in [0.4, 0.5) is 9.18 Å². The summed E-state index contributed by atoms with van der Waals surface area (Å²) < 4.78 is 21.1. The predicted octanol–water partition coefficient (Wildman–Crippen LogP) is 3.23. The topological polar surface area (TPSA) is 67.6 Å². The van der Waals surface area contributed by atoms with Crippen LogP contribution >= 0.6 is 0 Å². The molecule has 1 amide bonds. The first-order chi connectivity index (χ1) is 12.2. The number of aromatic nitrogens is 2. The van der Waals surface area contributed by atoms with Crippen LogP contribution in [0.1, 0.15) is 39.4 Å². The summed E-state index contributed by atoms with van der Waals surface area (Å²) in [6.07, 6.45) is 3.39. The Balaban J connectivity index is 1.78. The molecule has 1 fully saturated rings. The minimum atomic E-state index is -1.23. The summed E-state index contributed by atoms with van der Waals surface area (Å²) in [5, 5.41) is 11.1. The maximum atomic E-state index is 14.2. The number of carbonyl (C=O) groups is 1. The van der Waals surface area contributed by atoms with Gasteiger partial charge in [-0.2, -0.15) is 0 Å². The average Bonchev–Trinajstić information content (AvgIpc) is 3.04. The van der Waals surface area contributed by atoms with Gasteiger partial charge in [0.15, 0.2) is 0 Å². The number of para-hydroxylation sites is 1. The van der Waals surface area contributed by atoms with E-state index in [2.05, 4.69) is 4.98 Å². The number of amides is 1. The summed E-state index contributed by atoms with van der Waals surface area (Å²) in [7, 11) is 0. The summed E-state index contributed by atoms with van der Waals surface area (Å²) in [6.45, 7) is 6.13. The zero-order chi connectivity index (χ0) is 18.9. The third-order valence-corrected chi connectivity index (χ3v) is 4.41. The fourth-order valence-corrected chi connectivity index (χ4v) is 3.10. The maximum absolute atomic E-state index is 14.2. The molecule has 1 aliphatic rings. The van der Waals surface area contributed by atoms with E-state index in [1.54, 1.807) is 40.1 Å². The van der Waals surface area contributed by atoms with Crippen molar-refractivity contribution in [3.8, 4) is 5.69 Å². The molecule has 1 aromatic carbocycles. The van der Waals surface area contributed by atoms with Gasteiger partial charge < -0.3 is 14.7 Å². The summed E-state index contributed by atoms with van der Waals surface area (Å²) in [6, 6.07) is 6.36. The van der Waals surface area contributed by atoms with Crippen molar-refractivity contribution in [1.82, 2.24) is 14.5 Å². The molecule has 0 atom stereocenters. The number of nitrogens with zero attached hydrogens (tertiary/aromatic N) is 3. The maximum Gasteiger partial charge on any atom is 0.410 e. The van der Waals surface area contributed by atoms with Crippen molar-refractivity contribution >= 4 is 6.09 Å². The Hall–Kier alpha value is -2.41. The largest absolute Gasteiger partial charge is 0.444 e. The average molecular weight is 361 g/mol. The van der Waals surface area contributed by atoms with Gasteiger partial charge in [0.1, 0.15) is 22.8 Å². The van der Waals surface area contributed by atoms with Crippen LogP contribution < -0.4 is 0 Å². The van der Waals surface area contributed by atoms with Crippen molar-refractivity contribution < 1.29 is 19.0 Å². The number of ether oxygens (including phenoxy) is 1. The Bertz CT molecular complexity index is 789. The van der Waals surface area contributed by atoms with E-state index in [1.165, 1.54) is 6.07 Å². The van der Waals surface area contributed by atoms with Gasteiger partial charge in [-0.05, 0) is 32.9 Å². The molecule has 1 N–H and O–H groups in total. The number of halogens is 1. The molecule has 7 heteroatoms. The van der Waals surface area contributed by atoms with Crippen LogP contribution in [0.3, 0.4) is 0 Å².